The van der Waals surface area contributed by atoms with Crippen molar-refractivity contribution in [2.75, 3.05) is 0 Å². The van der Waals surface area contributed by atoms with Gasteiger partial charge in [0.05, 0.1) is 10.2 Å². The molecule has 204 valence electrons. The lowest BCUT2D eigenvalue weighted by atomic mass is 10.0. The minimum absolute atomic E-state index is 0.219. The van der Waals surface area contributed by atoms with Crippen molar-refractivity contribution in [2.45, 2.75) is 6.04 Å². The topological polar surface area (TPSA) is 63.6 Å². The van der Waals surface area contributed by atoms with Crippen LogP contribution in [-0.4, -0.2) is 19.9 Å². The van der Waals surface area contributed by atoms with Gasteiger partial charge < -0.3 is 5.32 Å². The summed E-state index contributed by atoms with van der Waals surface area (Å²) in [4.78, 5) is 19.8. The van der Waals surface area contributed by atoms with Crippen molar-refractivity contribution in [3.8, 4) is 33.3 Å². The van der Waals surface area contributed by atoms with Gasteiger partial charge in [0.2, 0.25) is 0 Å². The number of rotatable bonds is 5. The molecule has 0 aliphatic carbocycles. The zero-order valence-corrected chi connectivity index (χ0v) is 23.9. The summed E-state index contributed by atoms with van der Waals surface area (Å²) in [6.45, 7) is 0. The number of thiazole rings is 1. The molecule has 0 fully saturated rings. The van der Waals surface area contributed by atoms with Gasteiger partial charge in [-0.3, -0.25) is 0 Å². The van der Waals surface area contributed by atoms with E-state index >= 15 is 0 Å². The molecule has 0 saturated carbocycles. The number of aromatic nitrogens is 4. The lowest BCUT2D eigenvalue weighted by Crippen LogP contribution is -2.23. The summed E-state index contributed by atoms with van der Waals surface area (Å²) in [7, 11) is 0. The number of allylic oxidation sites excluding steroid dienone is 2. The third kappa shape index (κ3) is 4.88. The maximum Gasteiger partial charge on any atom is 0.163 e. The van der Waals surface area contributed by atoms with Gasteiger partial charge in [-0.15, -0.1) is 11.3 Å². The Morgan fingerprint density at radius 1 is 0.581 bits per heavy atom. The minimum atomic E-state index is -0.219. The van der Waals surface area contributed by atoms with Gasteiger partial charge in [-0.05, 0) is 29.2 Å². The van der Waals surface area contributed by atoms with Gasteiger partial charge in [0.25, 0.3) is 0 Å². The first kappa shape index (κ1) is 25.3. The SMILES string of the molecule is C1=CC(c2nc(-c3ccccc3)nc(-c3ccccc3)n2)NC(c2ccc3ccc4sc(-c5ccccc5)nc4c3c2)=C1. The summed E-state index contributed by atoms with van der Waals surface area (Å²) >= 11 is 1.73. The van der Waals surface area contributed by atoms with Crippen LogP contribution in [0.5, 0.6) is 0 Å². The number of hydrogen-bond acceptors (Lipinski definition) is 6. The van der Waals surface area contributed by atoms with Gasteiger partial charge >= 0.3 is 0 Å². The smallest absolute Gasteiger partial charge is 0.163 e. The maximum absolute atomic E-state index is 5.07. The van der Waals surface area contributed by atoms with Crippen molar-refractivity contribution in [3.05, 3.63) is 151 Å². The van der Waals surface area contributed by atoms with Gasteiger partial charge in [0.15, 0.2) is 17.5 Å². The monoisotopic (exact) mass is 571 g/mol. The van der Waals surface area contributed by atoms with Crippen LogP contribution in [0.15, 0.2) is 140 Å². The predicted octanol–water partition coefficient (Wildman–Crippen LogP) is 8.88. The third-order valence-electron chi connectivity index (χ3n) is 7.58. The second kappa shape index (κ2) is 10.7. The van der Waals surface area contributed by atoms with Crippen molar-refractivity contribution < 1.29 is 0 Å². The standard InChI is InChI=1S/C37H25N5S/c1-4-11-25(12-5-1)34-40-35(26-13-6-2-7-14-26)42-36(41-34)31-18-10-17-30(38-31)28-20-19-24-21-22-32-33(29(24)23-28)39-37(43-32)27-15-8-3-9-16-27/h1-23,31,38H. The van der Waals surface area contributed by atoms with Crippen LogP contribution in [0.25, 0.3) is 60.0 Å². The van der Waals surface area contributed by atoms with E-state index in [0.717, 1.165) is 43.9 Å². The van der Waals surface area contributed by atoms with Crippen molar-refractivity contribution in [1.29, 1.82) is 0 Å². The largest absolute Gasteiger partial charge is 0.371 e. The molecular formula is C37H25N5S. The molecule has 6 heteroatoms. The third-order valence-corrected chi connectivity index (χ3v) is 8.65. The van der Waals surface area contributed by atoms with Crippen LogP contribution in [0.2, 0.25) is 0 Å². The summed E-state index contributed by atoms with van der Waals surface area (Å²) < 4.78 is 1.18. The van der Waals surface area contributed by atoms with Gasteiger partial charge in [-0.2, -0.15) is 0 Å². The summed E-state index contributed by atoms with van der Waals surface area (Å²) in [6, 6.07) is 41.2. The molecule has 0 radical (unpaired) electrons. The fraction of sp³-hybridized carbons (Fsp3) is 0.0270. The summed E-state index contributed by atoms with van der Waals surface area (Å²) in [5, 5.41) is 7.03. The summed E-state index contributed by atoms with van der Waals surface area (Å²) in [5.41, 5.74) is 6.17. The van der Waals surface area contributed by atoms with Gasteiger partial charge in [-0.1, -0.05) is 121 Å². The predicted molar refractivity (Wildman–Crippen MR) is 176 cm³/mol. The van der Waals surface area contributed by atoms with E-state index in [4.69, 9.17) is 19.9 Å². The van der Waals surface area contributed by atoms with Crippen molar-refractivity contribution in [1.82, 2.24) is 25.3 Å². The van der Waals surface area contributed by atoms with Crippen LogP contribution in [-0.2, 0) is 0 Å². The molecule has 0 spiro atoms. The van der Waals surface area contributed by atoms with Gasteiger partial charge in [0, 0.05) is 27.8 Å². The second-order valence-corrected chi connectivity index (χ2v) is 11.4. The Hall–Kier alpha value is -5.46. The fourth-order valence-electron chi connectivity index (χ4n) is 5.40. The molecule has 1 N–H and O–H groups in total. The number of nitrogens with zero attached hydrogens (tertiary/aromatic N) is 4. The van der Waals surface area contributed by atoms with Crippen molar-refractivity contribution in [3.63, 3.8) is 0 Å². The van der Waals surface area contributed by atoms with E-state index in [1.165, 1.54) is 10.1 Å². The number of hydrogen-bond donors (Lipinski definition) is 1. The summed E-state index contributed by atoms with van der Waals surface area (Å²) in [5.74, 6) is 1.98. The Labute approximate surface area is 253 Å². The van der Waals surface area contributed by atoms with E-state index in [1.807, 2.05) is 66.7 Å². The Balaban J connectivity index is 1.17. The molecular weight excluding hydrogens is 547 g/mol. The molecule has 5 nitrogen and oxygen atoms in total. The molecule has 5 aromatic carbocycles. The van der Waals surface area contributed by atoms with E-state index in [1.54, 1.807) is 11.3 Å². The second-order valence-electron chi connectivity index (χ2n) is 10.4. The van der Waals surface area contributed by atoms with Gasteiger partial charge in [-0.25, -0.2) is 19.9 Å². The van der Waals surface area contributed by atoms with Crippen LogP contribution in [0.3, 0.4) is 0 Å². The first-order valence-corrected chi connectivity index (χ1v) is 15.0. The van der Waals surface area contributed by atoms with Crippen molar-refractivity contribution in [2.24, 2.45) is 0 Å². The fourth-order valence-corrected chi connectivity index (χ4v) is 6.39. The molecule has 0 saturated heterocycles. The molecule has 1 atom stereocenters. The Morgan fingerprint density at radius 3 is 1.88 bits per heavy atom. The Bertz CT molecular complexity index is 2090. The highest BCUT2D eigenvalue weighted by molar-refractivity contribution is 7.21. The minimum Gasteiger partial charge on any atom is -0.371 e. The zero-order valence-electron chi connectivity index (χ0n) is 23.1. The molecule has 0 bridgehead atoms. The molecule has 1 aliphatic heterocycles. The molecule has 43 heavy (non-hydrogen) atoms. The van der Waals surface area contributed by atoms with E-state index in [-0.39, 0.29) is 6.04 Å². The first-order chi connectivity index (χ1) is 21.3. The van der Waals surface area contributed by atoms with Crippen LogP contribution >= 0.6 is 11.3 Å². The number of dihydropyridines is 1. The lowest BCUT2D eigenvalue weighted by Gasteiger charge is -2.22. The quantitative estimate of drug-likeness (QED) is 0.224. The molecule has 3 heterocycles. The highest BCUT2D eigenvalue weighted by Gasteiger charge is 2.20. The average Bonchev–Trinajstić information content (AvgIpc) is 3.54. The number of nitrogens with one attached hydrogen (secondary N) is 1. The zero-order chi connectivity index (χ0) is 28.6. The molecule has 1 aliphatic rings. The lowest BCUT2D eigenvalue weighted by molar-refractivity contribution is 0.700. The van der Waals surface area contributed by atoms with E-state index in [2.05, 4.69) is 78.1 Å². The Kier molecular flexibility index (Phi) is 6.31. The highest BCUT2D eigenvalue weighted by Crippen LogP contribution is 2.36. The van der Waals surface area contributed by atoms with Crippen LogP contribution in [0, 0.1) is 0 Å². The molecule has 1 unspecified atom stereocenters. The van der Waals surface area contributed by atoms with Crippen LogP contribution in [0.4, 0.5) is 0 Å². The van der Waals surface area contributed by atoms with Crippen molar-refractivity contribution >= 4 is 38.0 Å². The Morgan fingerprint density at radius 2 is 1.21 bits per heavy atom. The summed E-state index contributed by atoms with van der Waals surface area (Å²) in [6.07, 6.45) is 6.27. The van der Waals surface area contributed by atoms with Crippen LogP contribution in [0.1, 0.15) is 17.4 Å². The molecule has 8 rings (SSSR count). The molecule has 7 aromatic rings. The average molecular weight is 572 g/mol. The first-order valence-electron chi connectivity index (χ1n) is 14.2. The maximum atomic E-state index is 5.07. The number of fused-ring (bicyclic) bond motifs is 3. The molecule has 0 amide bonds. The van der Waals surface area contributed by atoms with E-state index < -0.39 is 0 Å². The highest BCUT2D eigenvalue weighted by atomic mass is 32.1. The van der Waals surface area contributed by atoms with Crippen LogP contribution < -0.4 is 5.32 Å². The number of benzene rings is 5. The van der Waals surface area contributed by atoms with Gasteiger partial charge in [0.1, 0.15) is 11.0 Å². The van der Waals surface area contributed by atoms with E-state index in [9.17, 15) is 0 Å². The van der Waals surface area contributed by atoms with E-state index in [0.29, 0.717) is 17.5 Å². The molecule has 2 aromatic heterocycles. The normalized spacial score (nSPS) is 14.5.